The molecule has 0 unspecified atom stereocenters. The van der Waals surface area contributed by atoms with Crippen molar-refractivity contribution in [3.8, 4) is 11.4 Å². The Bertz CT molecular complexity index is 878. The summed E-state index contributed by atoms with van der Waals surface area (Å²) < 4.78 is 5.16. The van der Waals surface area contributed by atoms with Gasteiger partial charge in [0.25, 0.3) is 5.89 Å². The van der Waals surface area contributed by atoms with Crippen LogP contribution in [0.3, 0.4) is 0 Å². The van der Waals surface area contributed by atoms with Crippen molar-refractivity contribution in [3.05, 3.63) is 69.5 Å². The van der Waals surface area contributed by atoms with Gasteiger partial charge in [-0.25, -0.2) is 0 Å². The summed E-state index contributed by atoms with van der Waals surface area (Å²) >= 11 is 12.0. The third-order valence-electron chi connectivity index (χ3n) is 3.29. The topological polar surface area (TPSA) is 60.5 Å². The smallest absolute Gasteiger partial charge is 0.267 e. The Morgan fingerprint density at radius 2 is 2.00 bits per heavy atom. The average Bonchev–Trinajstić information content (AvgIpc) is 3.04. The maximum Gasteiger partial charge on any atom is 0.267 e. The summed E-state index contributed by atoms with van der Waals surface area (Å²) in [6.45, 7) is 2.05. The highest BCUT2D eigenvalue weighted by atomic mass is 35.5. The molecule has 0 amide bonds. The number of halogens is 2. The number of rotatable bonds is 5. The van der Waals surface area contributed by atoms with Crippen molar-refractivity contribution in [3.63, 3.8) is 0 Å². The largest absolute Gasteiger partial charge is 0.386 e. The summed E-state index contributed by atoms with van der Waals surface area (Å²) in [5, 5.41) is 8.68. The van der Waals surface area contributed by atoms with E-state index in [1.165, 1.54) is 6.21 Å². The lowest BCUT2D eigenvalue weighted by atomic mass is 10.1. The molecule has 1 aromatic heterocycles. The van der Waals surface area contributed by atoms with Crippen LogP contribution in [0.25, 0.3) is 11.4 Å². The Morgan fingerprint density at radius 3 is 2.83 bits per heavy atom. The van der Waals surface area contributed by atoms with Gasteiger partial charge in [-0.15, -0.1) is 0 Å². The average molecular weight is 362 g/mol. The van der Waals surface area contributed by atoms with Crippen LogP contribution in [0.15, 0.2) is 52.1 Å². The molecule has 0 spiro atoms. The van der Waals surface area contributed by atoms with Crippen molar-refractivity contribution >= 4 is 29.4 Å². The first-order valence-corrected chi connectivity index (χ1v) is 7.88. The number of aryl methyl sites for hydroxylation is 1. The fraction of sp³-hybridized carbons (Fsp3) is 0.118. The molecule has 0 bridgehead atoms. The molecule has 3 aromatic rings. The molecule has 0 atom stereocenters. The number of hydrogen-bond donors (Lipinski definition) is 0. The minimum absolute atomic E-state index is 0.0631. The normalized spacial score (nSPS) is 11.1. The lowest BCUT2D eigenvalue weighted by Gasteiger charge is -1.99. The molecule has 24 heavy (non-hydrogen) atoms. The zero-order valence-corrected chi connectivity index (χ0v) is 14.3. The number of benzene rings is 2. The van der Waals surface area contributed by atoms with Gasteiger partial charge >= 0.3 is 0 Å². The second kappa shape index (κ2) is 7.47. The zero-order chi connectivity index (χ0) is 16.9. The SMILES string of the molecule is Cc1ccccc1-c1noc(CO/N=C\c2cccc(Cl)c2Cl)n1. The first-order valence-electron chi connectivity index (χ1n) is 7.13. The van der Waals surface area contributed by atoms with Gasteiger partial charge < -0.3 is 9.36 Å². The maximum absolute atomic E-state index is 6.06. The fourth-order valence-electron chi connectivity index (χ4n) is 2.05. The molecule has 2 aromatic carbocycles. The van der Waals surface area contributed by atoms with E-state index in [2.05, 4.69) is 15.3 Å². The predicted molar refractivity (Wildman–Crippen MR) is 93.3 cm³/mol. The lowest BCUT2D eigenvalue weighted by Crippen LogP contribution is -1.90. The molecule has 0 aliphatic carbocycles. The molecule has 5 nitrogen and oxygen atoms in total. The first-order chi connectivity index (χ1) is 11.6. The Hall–Kier alpha value is -2.37. The van der Waals surface area contributed by atoms with Crippen molar-refractivity contribution in [2.75, 3.05) is 0 Å². The van der Waals surface area contributed by atoms with Crippen LogP contribution in [0.1, 0.15) is 17.0 Å². The lowest BCUT2D eigenvalue weighted by molar-refractivity contribution is 0.107. The van der Waals surface area contributed by atoms with Gasteiger partial charge in [0.15, 0.2) is 6.61 Å². The predicted octanol–water partition coefficient (Wildman–Crippen LogP) is 4.90. The van der Waals surface area contributed by atoms with E-state index in [4.69, 9.17) is 32.6 Å². The summed E-state index contributed by atoms with van der Waals surface area (Å²) in [6, 6.07) is 13.1. The van der Waals surface area contributed by atoms with Crippen LogP contribution in [0.5, 0.6) is 0 Å². The molecule has 1 heterocycles. The molecule has 3 rings (SSSR count). The van der Waals surface area contributed by atoms with Gasteiger partial charge in [0.2, 0.25) is 5.82 Å². The standard InChI is InChI=1S/C17H13Cl2N3O2/c1-11-5-2-3-7-13(11)17-21-15(24-22-17)10-23-20-9-12-6-4-8-14(18)16(12)19/h2-9H,10H2,1H3/b20-9-. The number of oxime groups is 1. The van der Waals surface area contributed by atoms with Crippen molar-refractivity contribution < 1.29 is 9.36 Å². The van der Waals surface area contributed by atoms with Crippen LogP contribution < -0.4 is 0 Å². The Balaban J connectivity index is 1.63. The van der Waals surface area contributed by atoms with Gasteiger partial charge in [-0.2, -0.15) is 4.98 Å². The second-order valence-electron chi connectivity index (χ2n) is 4.98. The monoisotopic (exact) mass is 361 g/mol. The van der Waals surface area contributed by atoms with Crippen molar-refractivity contribution in [2.45, 2.75) is 13.5 Å². The highest BCUT2D eigenvalue weighted by Crippen LogP contribution is 2.24. The minimum Gasteiger partial charge on any atom is -0.386 e. The van der Waals surface area contributed by atoms with Crippen LogP contribution in [-0.2, 0) is 11.4 Å². The molecule has 0 N–H and O–H groups in total. The molecule has 0 saturated carbocycles. The maximum atomic E-state index is 6.06. The highest BCUT2D eigenvalue weighted by Gasteiger charge is 2.10. The molecule has 0 aliphatic rings. The van der Waals surface area contributed by atoms with Gasteiger partial charge in [0.1, 0.15) is 0 Å². The van der Waals surface area contributed by atoms with Gasteiger partial charge in [0.05, 0.1) is 16.3 Å². The molecular formula is C17H13Cl2N3O2. The third kappa shape index (κ3) is 3.75. The van der Waals surface area contributed by atoms with E-state index in [0.29, 0.717) is 27.3 Å². The van der Waals surface area contributed by atoms with Gasteiger partial charge in [0, 0.05) is 11.1 Å². The highest BCUT2D eigenvalue weighted by molar-refractivity contribution is 6.43. The Morgan fingerprint density at radius 1 is 1.17 bits per heavy atom. The van der Waals surface area contributed by atoms with E-state index in [1.54, 1.807) is 18.2 Å². The number of aromatic nitrogens is 2. The van der Waals surface area contributed by atoms with Gasteiger partial charge in [-0.05, 0) is 18.6 Å². The Kier molecular flexibility index (Phi) is 5.13. The van der Waals surface area contributed by atoms with E-state index in [-0.39, 0.29) is 6.61 Å². The molecular weight excluding hydrogens is 349 g/mol. The zero-order valence-electron chi connectivity index (χ0n) is 12.7. The van der Waals surface area contributed by atoms with Gasteiger partial charge in [-0.3, -0.25) is 0 Å². The molecule has 122 valence electrons. The first kappa shape index (κ1) is 16.5. The summed E-state index contributed by atoms with van der Waals surface area (Å²) in [6.07, 6.45) is 1.48. The Labute approximate surface area is 148 Å². The van der Waals surface area contributed by atoms with E-state index in [0.717, 1.165) is 11.1 Å². The summed E-state index contributed by atoms with van der Waals surface area (Å²) in [4.78, 5) is 9.46. The van der Waals surface area contributed by atoms with Crippen molar-refractivity contribution in [1.29, 1.82) is 0 Å². The summed E-state index contributed by atoms with van der Waals surface area (Å²) in [5.41, 5.74) is 2.65. The third-order valence-corrected chi connectivity index (χ3v) is 4.12. The van der Waals surface area contributed by atoms with Crippen LogP contribution in [-0.4, -0.2) is 16.4 Å². The molecule has 7 heteroatoms. The van der Waals surface area contributed by atoms with Crippen LogP contribution in [0.2, 0.25) is 10.0 Å². The van der Waals surface area contributed by atoms with E-state index < -0.39 is 0 Å². The van der Waals surface area contributed by atoms with Crippen LogP contribution in [0, 0.1) is 6.92 Å². The van der Waals surface area contributed by atoms with Crippen LogP contribution in [0.4, 0.5) is 0 Å². The minimum atomic E-state index is 0.0631. The summed E-state index contributed by atoms with van der Waals surface area (Å²) in [7, 11) is 0. The van der Waals surface area contributed by atoms with E-state index in [1.807, 2.05) is 31.2 Å². The van der Waals surface area contributed by atoms with Gasteiger partial charge in [-0.1, -0.05) is 69.9 Å². The number of nitrogens with zero attached hydrogens (tertiary/aromatic N) is 3. The molecule has 0 aliphatic heterocycles. The molecule has 0 fully saturated rings. The second-order valence-corrected chi connectivity index (χ2v) is 5.76. The number of hydrogen-bond acceptors (Lipinski definition) is 5. The fourth-order valence-corrected chi connectivity index (χ4v) is 2.41. The molecule has 0 radical (unpaired) electrons. The molecule has 0 saturated heterocycles. The van der Waals surface area contributed by atoms with Crippen molar-refractivity contribution in [2.24, 2.45) is 5.16 Å². The van der Waals surface area contributed by atoms with Crippen LogP contribution >= 0.6 is 23.2 Å². The summed E-state index contributed by atoms with van der Waals surface area (Å²) in [5.74, 6) is 0.858. The van der Waals surface area contributed by atoms with E-state index >= 15 is 0 Å². The quantitative estimate of drug-likeness (QED) is 0.478. The van der Waals surface area contributed by atoms with E-state index in [9.17, 15) is 0 Å². The van der Waals surface area contributed by atoms with Crippen molar-refractivity contribution in [1.82, 2.24) is 10.1 Å².